The minimum atomic E-state index is -0.0767. The molecule has 0 saturated heterocycles. The Morgan fingerprint density at radius 1 is 1.38 bits per heavy atom. The first-order valence-corrected chi connectivity index (χ1v) is 5.44. The van der Waals surface area contributed by atoms with E-state index in [2.05, 4.69) is 17.3 Å². The van der Waals surface area contributed by atoms with Gasteiger partial charge in [-0.15, -0.1) is 0 Å². The maximum atomic E-state index is 11.9. The quantitative estimate of drug-likeness (QED) is 0.852. The predicted octanol–water partition coefficient (Wildman–Crippen LogP) is 1.76. The Bertz CT molecular complexity index is 560. The van der Waals surface area contributed by atoms with Crippen molar-refractivity contribution in [1.82, 2.24) is 9.78 Å². The van der Waals surface area contributed by atoms with Gasteiger partial charge in [-0.05, 0) is 12.5 Å². The molecule has 1 aromatic heterocycles. The first-order chi connectivity index (χ1) is 7.74. The van der Waals surface area contributed by atoms with Crippen LogP contribution in [0.4, 0.5) is 5.69 Å². The summed E-state index contributed by atoms with van der Waals surface area (Å²) in [6.07, 6.45) is 0.986. The third-order valence-corrected chi connectivity index (χ3v) is 2.49. The lowest BCUT2D eigenvalue weighted by molar-refractivity contribution is 0.726. The fourth-order valence-corrected chi connectivity index (χ4v) is 1.68. The van der Waals surface area contributed by atoms with Crippen molar-refractivity contribution in [2.45, 2.75) is 13.3 Å². The van der Waals surface area contributed by atoms with Crippen molar-refractivity contribution >= 4 is 16.6 Å². The molecule has 1 heterocycles. The minimum absolute atomic E-state index is 0.0767. The molecule has 4 nitrogen and oxygen atoms in total. The summed E-state index contributed by atoms with van der Waals surface area (Å²) in [6, 6.07) is 7.66. The van der Waals surface area contributed by atoms with E-state index in [1.54, 1.807) is 7.05 Å². The van der Waals surface area contributed by atoms with Crippen LogP contribution in [0.2, 0.25) is 0 Å². The number of anilines is 1. The van der Waals surface area contributed by atoms with Crippen LogP contribution in [0.3, 0.4) is 0 Å². The molecule has 0 fully saturated rings. The lowest BCUT2D eigenvalue weighted by Crippen LogP contribution is -2.23. The molecule has 0 aliphatic rings. The number of nitrogens with zero attached hydrogens (tertiary/aromatic N) is 2. The molecule has 0 atom stereocenters. The second-order valence-corrected chi connectivity index (χ2v) is 3.75. The van der Waals surface area contributed by atoms with Crippen LogP contribution < -0.4 is 10.9 Å². The average molecular weight is 217 g/mol. The average Bonchev–Trinajstić information content (AvgIpc) is 2.30. The van der Waals surface area contributed by atoms with Gasteiger partial charge in [-0.1, -0.05) is 25.1 Å². The molecule has 0 radical (unpaired) electrons. The summed E-state index contributed by atoms with van der Waals surface area (Å²) in [5.74, 6) is 0. The van der Waals surface area contributed by atoms with Crippen LogP contribution in [-0.2, 0) is 7.05 Å². The molecular weight excluding hydrogens is 202 g/mol. The maximum absolute atomic E-state index is 11.9. The maximum Gasteiger partial charge on any atom is 0.290 e. The lowest BCUT2D eigenvalue weighted by atomic mass is 10.2. The van der Waals surface area contributed by atoms with Gasteiger partial charge >= 0.3 is 0 Å². The molecule has 84 valence electrons. The van der Waals surface area contributed by atoms with Crippen LogP contribution in [0.25, 0.3) is 10.9 Å². The number of rotatable bonds is 3. The molecule has 0 spiro atoms. The van der Waals surface area contributed by atoms with Gasteiger partial charge in [0, 0.05) is 19.0 Å². The molecule has 0 amide bonds. The largest absolute Gasteiger partial charge is 0.380 e. The van der Waals surface area contributed by atoms with E-state index in [1.807, 2.05) is 24.3 Å². The molecule has 16 heavy (non-hydrogen) atoms. The third-order valence-electron chi connectivity index (χ3n) is 2.49. The van der Waals surface area contributed by atoms with Gasteiger partial charge in [0.05, 0.1) is 5.52 Å². The summed E-state index contributed by atoms with van der Waals surface area (Å²) in [5.41, 5.74) is 1.41. The Kier molecular flexibility index (Phi) is 2.90. The Balaban J connectivity index is 2.66. The van der Waals surface area contributed by atoms with Crippen LogP contribution in [0, 0.1) is 0 Å². The van der Waals surface area contributed by atoms with Crippen LogP contribution in [-0.4, -0.2) is 16.3 Å². The summed E-state index contributed by atoms with van der Waals surface area (Å²) in [4.78, 5) is 11.9. The highest BCUT2D eigenvalue weighted by molar-refractivity contribution is 5.90. The summed E-state index contributed by atoms with van der Waals surface area (Å²) in [5, 5.41) is 8.27. The molecule has 4 heteroatoms. The van der Waals surface area contributed by atoms with Gasteiger partial charge in [0.25, 0.3) is 5.56 Å². The smallest absolute Gasteiger partial charge is 0.290 e. The number of hydrogen-bond acceptors (Lipinski definition) is 3. The summed E-state index contributed by atoms with van der Waals surface area (Å²) in [6.45, 7) is 2.87. The molecule has 1 aromatic carbocycles. The van der Waals surface area contributed by atoms with Crippen LogP contribution >= 0.6 is 0 Å². The summed E-state index contributed by atoms with van der Waals surface area (Å²) >= 11 is 0. The first-order valence-electron chi connectivity index (χ1n) is 5.44. The number of aromatic nitrogens is 2. The van der Waals surface area contributed by atoms with Gasteiger partial charge in [-0.25, -0.2) is 4.68 Å². The molecule has 0 bridgehead atoms. The molecular formula is C12H15N3O. The highest BCUT2D eigenvalue weighted by atomic mass is 16.1. The van der Waals surface area contributed by atoms with Crippen LogP contribution in [0.15, 0.2) is 29.1 Å². The standard InChI is InChI=1S/C12H15N3O/c1-3-8-13-11-9-6-4-5-7-10(9)14-15(2)12(11)16/h4-7,13H,3,8H2,1-2H3. The second kappa shape index (κ2) is 4.35. The van der Waals surface area contributed by atoms with E-state index in [4.69, 9.17) is 0 Å². The summed E-state index contributed by atoms with van der Waals surface area (Å²) in [7, 11) is 1.67. The minimum Gasteiger partial charge on any atom is -0.380 e. The monoisotopic (exact) mass is 217 g/mol. The number of nitrogens with one attached hydrogen (secondary N) is 1. The van der Waals surface area contributed by atoms with Gasteiger partial charge in [0.2, 0.25) is 0 Å². The summed E-state index contributed by atoms with van der Waals surface area (Å²) < 4.78 is 1.38. The van der Waals surface area contributed by atoms with E-state index < -0.39 is 0 Å². The van der Waals surface area contributed by atoms with Crippen LogP contribution in [0.5, 0.6) is 0 Å². The van der Waals surface area contributed by atoms with Gasteiger partial charge in [-0.2, -0.15) is 5.10 Å². The van der Waals surface area contributed by atoms with Gasteiger partial charge in [-0.3, -0.25) is 4.79 Å². The number of hydrogen-bond donors (Lipinski definition) is 1. The Hall–Kier alpha value is -1.84. The van der Waals surface area contributed by atoms with E-state index in [-0.39, 0.29) is 5.56 Å². The Labute approximate surface area is 93.9 Å². The normalized spacial score (nSPS) is 10.6. The molecule has 0 aliphatic carbocycles. The van der Waals surface area contributed by atoms with E-state index in [0.29, 0.717) is 5.69 Å². The first kappa shape index (κ1) is 10.7. The molecule has 1 N–H and O–H groups in total. The van der Waals surface area contributed by atoms with E-state index in [9.17, 15) is 4.79 Å². The Morgan fingerprint density at radius 3 is 2.88 bits per heavy atom. The van der Waals surface area contributed by atoms with Gasteiger partial charge in [0.15, 0.2) is 0 Å². The predicted molar refractivity (Wildman–Crippen MR) is 65.8 cm³/mol. The molecule has 0 aliphatic heterocycles. The van der Waals surface area contributed by atoms with E-state index in [0.717, 1.165) is 23.9 Å². The number of aryl methyl sites for hydroxylation is 1. The van der Waals surface area contributed by atoms with E-state index >= 15 is 0 Å². The van der Waals surface area contributed by atoms with Crippen molar-refractivity contribution in [3.63, 3.8) is 0 Å². The molecule has 0 saturated carbocycles. The van der Waals surface area contributed by atoms with Crippen LogP contribution in [0.1, 0.15) is 13.3 Å². The van der Waals surface area contributed by atoms with Crippen molar-refractivity contribution in [3.8, 4) is 0 Å². The van der Waals surface area contributed by atoms with E-state index in [1.165, 1.54) is 4.68 Å². The fraction of sp³-hybridized carbons (Fsp3) is 0.333. The van der Waals surface area contributed by atoms with Crippen molar-refractivity contribution in [2.75, 3.05) is 11.9 Å². The zero-order chi connectivity index (χ0) is 11.5. The van der Waals surface area contributed by atoms with Crippen molar-refractivity contribution in [1.29, 1.82) is 0 Å². The van der Waals surface area contributed by atoms with Crippen molar-refractivity contribution < 1.29 is 0 Å². The third kappa shape index (κ3) is 1.78. The highest BCUT2D eigenvalue weighted by Gasteiger charge is 2.07. The highest BCUT2D eigenvalue weighted by Crippen LogP contribution is 2.16. The van der Waals surface area contributed by atoms with Crippen molar-refractivity contribution in [3.05, 3.63) is 34.6 Å². The second-order valence-electron chi connectivity index (χ2n) is 3.75. The SMILES string of the molecule is CCCNc1c(=O)n(C)nc2ccccc12. The molecule has 2 aromatic rings. The van der Waals surface area contributed by atoms with Gasteiger partial charge < -0.3 is 5.32 Å². The lowest BCUT2D eigenvalue weighted by Gasteiger charge is -2.09. The number of benzene rings is 1. The fourth-order valence-electron chi connectivity index (χ4n) is 1.68. The zero-order valence-corrected chi connectivity index (χ0v) is 9.53. The topological polar surface area (TPSA) is 46.9 Å². The van der Waals surface area contributed by atoms with Crippen molar-refractivity contribution in [2.24, 2.45) is 7.05 Å². The molecule has 2 rings (SSSR count). The van der Waals surface area contributed by atoms with Gasteiger partial charge in [0.1, 0.15) is 5.69 Å². The molecule has 0 unspecified atom stereocenters. The zero-order valence-electron chi connectivity index (χ0n) is 9.53. The Morgan fingerprint density at radius 2 is 2.12 bits per heavy atom. The number of fused-ring (bicyclic) bond motifs is 1.